The smallest absolute Gasteiger partial charge is 0.303 e. The maximum absolute atomic E-state index is 9.64. The number of H-pyrrole nitrogens is 1. The minimum atomic E-state index is -1.08. The van der Waals surface area contributed by atoms with E-state index in [1.807, 2.05) is 18.2 Å². The summed E-state index contributed by atoms with van der Waals surface area (Å²) >= 11 is 6.04. The lowest BCUT2D eigenvalue weighted by Gasteiger charge is -2.13. The number of carboxylic acid groups (broad SMARTS) is 2. The van der Waals surface area contributed by atoms with Crippen LogP contribution in [0.2, 0.25) is 5.02 Å². The van der Waals surface area contributed by atoms with E-state index in [0.29, 0.717) is 0 Å². The molecule has 2 heterocycles. The molecular weight excluding hydrogens is 332 g/mol. The summed E-state index contributed by atoms with van der Waals surface area (Å²) in [5.74, 6) is -2.15. The van der Waals surface area contributed by atoms with E-state index in [1.54, 1.807) is 0 Å². The van der Waals surface area contributed by atoms with E-state index >= 15 is 0 Å². The zero-order valence-corrected chi connectivity index (χ0v) is 13.8. The van der Waals surface area contributed by atoms with Gasteiger partial charge < -0.3 is 20.5 Å². The lowest BCUT2D eigenvalue weighted by Crippen LogP contribution is -2.19. The fraction of sp³-hybridized carbons (Fsp3) is 0.294. The molecule has 0 spiro atoms. The summed E-state index contributed by atoms with van der Waals surface area (Å²) in [7, 11) is 0. The van der Waals surface area contributed by atoms with Crippen LogP contribution >= 0.6 is 11.6 Å². The van der Waals surface area contributed by atoms with E-state index < -0.39 is 11.9 Å². The van der Waals surface area contributed by atoms with Crippen molar-refractivity contribution in [3.8, 4) is 0 Å². The van der Waals surface area contributed by atoms with E-state index in [9.17, 15) is 9.59 Å². The van der Waals surface area contributed by atoms with Crippen LogP contribution in [-0.4, -0.2) is 40.2 Å². The van der Waals surface area contributed by atoms with Gasteiger partial charge in [-0.2, -0.15) is 0 Å². The van der Waals surface area contributed by atoms with Crippen molar-refractivity contribution >= 4 is 40.0 Å². The fourth-order valence-electron chi connectivity index (χ4n) is 2.44. The van der Waals surface area contributed by atoms with Gasteiger partial charge in [0.1, 0.15) is 0 Å². The molecule has 128 valence electrons. The second kappa shape index (κ2) is 8.52. The average Bonchev–Trinajstić information content (AvgIpc) is 2.97. The van der Waals surface area contributed by atoms with Gasteiger partial charge in [0.2, 0.25) is 0 Å². The number of fused-ring (bicyclic) bond motifs is 1. The molecule has 3 rings (SSSR count). The molecule has 24 heavy (non-hydrogen) atoms. The molecule has 2 aromatic rings. The first-order chi connectivity index (χ1) is 11.5. The van der Waals surface area contributed by atoms with Crippen LogP contribution in [0.3, 0.4) is 0 Å². The maximum Gasteiger partial charge on any atom is 0.303 e. The average molecular weight is 351 g/mol. The highest BCUT2D eigenvalue weighted by atomic mass is 35.5. The van der Waals surface area contributed by atoms with Crippen molar-refractivity contribution in [1.29, 1.82) is 0 Å². The molecule has 6 nitrogen and oxygen atoms in total. The van der Waals surface area contributed by atoms with Crippen LogP contribution in [0.15, 0.2) is 30.5 Å². The monoisotopic (exact) mass is 350 g/mol. The number of nitrogens with one attached hydrogen (secondary N) is 2. The molecule has 0 saturated carbocycles. The molecule has 1 aliphatic heterocycles. The summed E-state index contributed by atoms with van der Waals surface area (Å²) in [5.41, 5.74) is 3.85. The van der Waals surface area contributed by atoms with E-state index in [2.05, 4.69) is 22.6 Å². The van der Waals surface area contributed by atoms with Crippen molar-refractivity contribution in [2.75, 3.05) is 13.1 Å². The molecule has 0 bridgehead atoms. The van der Waals surface area contributed by atoms with Gasteiger partial charge in [-0.25, -0.2) is 0 Å². The molecule has 0 amide bonds. The van der Waals surface area contributed by atoms with Crippen LogP contribution in [0.4, 0.5) is 0 Å². The van der Waals surface area contributed by atoms with Crippen molar-refractivity contribution in [2.45, 2.75) is 19.3 Å². The van der Waals surface area contributed by atoms with Gasteiger partial charge >= 0.3 is 11.9 Å². The molecule has 1 aliphatic rings. The van der Waals surface area contributed by atoms with Crippen LogP contribution in [0, 0.1) is 0 Å². The number of carbonyl (C=O) groups is 2. The third-order valence-corrected chi connectivity index (χ3v) is 3.84. The van der Waals surface area contributed by atoms with Crippen LogP contribution in [0.25, 0.3) is 16.5 Å². The number of aromatic amines is 1. The summed E-state index contributed by atoms with van der Waals surface area (Å²) in [4.78, 5) is 22.6. The Morgan fingerprint density at radius 3 is 2.46 bits per heavy atom. The molecule has 0 saturated heterocycles. The minimum Gasteiger partial charge on any atom is -0.481 e. The van der Waals surface area contributed by atoms with Crippen LogP contribution in [-0.2, 0) is 9.59 Å². The first-order valence-electron chi connectivity index (χ1n) is 7.57. The number of benzene rings is 1. The molecule has 7 heteroatoms. The Balaban J connectivity index is 0.000000224. The normalized spacial score (nSPS) is 13.8. The second-order valence-corrected chi connectivity index (χ2v) is 5.80. The molecule has 0 atom stereocenters. The Bertz CT molecular complexity index is 753. The molecule has 0 radical (unpaired) electrons. The SMILES string of the molecule is Clc1ccc2[nH]cc(C3=CCNCC3)c2c1.O=C(O)CCC(=O)O. The molecule has 1 aromatic heterocycles. The van der Waals surface area contributed by atoms with E-state index in [4.69, 9.17) is 21.8 Å². The van der Waals surface area contributed by atoms with E-state index in [1.165, 1.54) is 16.5 Å². The van der Waals surface area contributed by atoms with Crippen LogP contribution in [0.1, 0.15) is 24.8 Å². The van der Waals surface area contributed by atoms with Crippen molar-refractivity contribution in [2.24, 2.45) is 0 Å². The summed E-state index contributed by atoms with van der Waals surface area (Å²) in [6.45, 7) is 2.02. The number of aliphatic carboxylic acids is 2. The van der Waals surface area contributed by atoms with Crippen molar-refractivity contribution in [3.63, 3.8) is 0 Å². The van der Waals surface area contributed by atoms with Crippen LogP contribution in [0.5, 0.6) is 0 Å². The Hall–Kier alpha value is -2.31. The predicted octanol–water partition coefficient (Wildman–Crippen LogP) is 3.13. The Morgan fingerprint density at radius 1 is 1.17 bits per heavy atom. The number of hydrogen-bond donors (Lipinski definition) is 4. The molecule has 1 aromatic carbocycles. The number of carboxylic acids is 2. The summed E-state index contributed by atoms with van der Waals surface area (Å²) in [6.07, 6.45) is 4.83. The number of rotatable bonds is 4. The number of aromatic nitrogens is 1. The quantitative estimate of drug-likeness (QED) is 0.678. The third kappa shape index (κ3) is 5.11. The van der Waals surface area contributed by atoms with Gasteiger partial charge in [0.25, 0.3) is 0 Å². The van der Waals surface area contributed by atoms with Crippen molar-refractivity contribution < 1.29 is 19.8 Å². The van der Waals surface area contributed by atoms with E-state index in [0.717, 1.165) is 30.0 Å². The summed E-state index contributed by atoms with van der Waals surface area (Å²) < 4.78 is 0. The molecular formula is C17H19ClN2O4. The number of hydrogen-bond acceptors (Lipinski definition) is 3. The highest BCUT2D eigenvalue weighted by Crippen LogP contribution is 2.29. The molecule has 0 unspecified atom stereocenters. The highest BCUT2D eigenvalue weighted by Gasteiger charge is 2.10. The van der Waals surface area contributed by atoms with Crippen LogP contribution < -0.4 is 5.32 Å². The maximum atomic E-state index is 9.64. The topological polar surface area (TPSA) is 102 Å². The van der Waals surface area contributed by atoms with Gasteiger partial charge in [-0.15, -0.1) is 0 Å². The van der Waals surface area contributed by atoms with Crippen molar-refractivity contribution in [3.05, 3.63) is 41.1 Å². The van der Waals surface area contributed by atoms with Gasteiger partial charge in [0.05, 0.1) is 12.8 Å². The number of halogens is 1. The summed E-state index contributed by atoms with van der Waals surface area (Å²) in [5, 5.41) is 21.1. The largest absolute Gasteiger partial charge is 0.481 e. The van der Waals surface area contributed by atoms with Crippen molar-refractivity contribution in [1.82, 2.24) is 10.3 Å². The van der Waals surface area contributed by atoms with Gasteiger partial charge in [0, 0.05) is 34.2 Å². The highest BCUT2D eigenvalue weighted by molar-refractivity contribution is 6.31. The Kier molecular flexibility index (Phi) is 6.40. The molecule has 0 fully saturated rings. The zero-order chi connectivity index (χ0) is 17.5. The first kappa shape index (κ1) is 18.0. The second-order valence-electron chi connectivity index (χ2n) is 5.36. The lowest BCUT2D eigenvalue weighted by atomic mass is 10.00. The Labute approximate surface area is 144 Å². The van der Waals surface area contributed by atoms with Gasteiger partial charge in [-0.3, -0.25) is 9.59 Å². The zero-order valence-electron chi connectivity index (χ0n) is 13.0. The standard InChI is InChI=1S/C13H13ClN2.C4H6O4/c14-10-1-2-13-11(7-10)12(8-16-13)9-3-5-15-6-4-9;5-3(6)1-2-4(7)8/h1-3,7-8,15-16H,4-6H2;1-2H2,(H,5,6)(H,7,8). The fourth-order valence-corrected chi connectivity index (χ4v) is 2.61. The Morgan fingerprint density at radius 2 is 1.88 bits per heavy atom. The molecule has 4 N–H and O–H groups in total. The summed E-state index contributed by atoms with van der Waals surface area (Å²) in [6, 6.07) is 5.98. The van der Waals surface area contributed by atoms with Gasteiger partial charge in [-0.1, -0.05) is 17.7 Å². The lowest BCUT2D eigenvalue weighted by molar-refractivity contribution is -0.143. The van der Waals surface area contributed by atoms with Gasteiger partial charge in [0.15, 0.2) is 0 Å². The first-order valence-corrected chi connectivity index (χ1v) is 7.95. The van der Waals surface area contributed by atoms with Gasteiger partial charge in [-0.05, 0) is 36.7 Å². The third-order valence-electron chi connectivity index (χ3n) is 3.61. The molecule has 0 aliphatic carbocycles. The minimum absolute atomic E-state index is 0.296. The van der Waals surface area contributed by atoms with E-state index in [-0.39, 0.29) is 12.8 Å². The predicted molar refractivity (Wildman–Crippen MR) is 93.3 cm³/mol.